The number of aromatic nitrogens is 2. The molecule has 1 amide bonds. The Morgan fingerprint density at radius 1 is 1.29 bits per heavy atom. The van der Waals surface area contributed by atoms with Gasteiger partial charge in [0.15, 0.2) is 0 Å². The first-order valence-electron chi connectivity index (χ1n) is 7.65. The summed E-state index contributed by atoms with van der Waals surface area (Å²) in [6.07, 6.45) is 3.42. The molecule has 1 atom stereocenters. The Labute approximate surface area is 140 Å². The summed E-state index contributed by atoms with van der Waals surface area (Å²) in [5.41, 5.74) is 3.79. The van der Waals surface area contributed by atoms with Crippen molar-refractivity contribution in [2.45, 2.75) is 26.3 Å². The molecule has 0 saturated heterocycles. The number of nitrogens with one attached hydrogen (secondary N) is 3. The van der Waals surface area contributed by atoms with Crippen LogP contribution < -0.4 is 10.6 Å². The second-order valence-corrected chi connectivity index (χ2v) is 5.54. The van der Waals surface area contributed by atoms with Gasteiger partial charge in [0, 0.05) is 24.0 Å². The van der Waals surface area contributed by atoms with E-state index in [1.165, 1.54) is 13.4 Å². The number of H-pyrrole nitrogens is 1. The standard InChI is InChI=1S/C17H22N4O3/c1-11-5-4-6-12(2)16(11)19-9-15(22)21-14(17(23)24-3)7-13-8-18-10-20-13/h4-6,8,10,14,19H,7,9H2,1-3H3,(H,18,20)(H,21,22)/t14-/m1/s1. The third kappa shape index (κ3) is 4.58. The van der Waals surface area contributed by atoms with Crippen LogP contribution in [-0.2, 0) is 20.7 Å². The highest BCUT2D eigenvalue weighted by atomic mass is 16.5. The molecular formula is C17H22N4O3. The number of para-hydroxylation sites is 1. The van der Waals surface area contributed by atoms with E-state index in [2.05, 4.69) is 20.6 Å². The first kappa shape index (κ1) is 17.5. The molecule has 7 heteroatoms. The second-order valence-electron chi connectivity index (χ2n) is 5.54. The van der Waals surface area contributed by atoms with E-state index >= 15 is 0 Å². The van der Waals surface area contributed by atoms with Crippen molar-refractivity contribution >= 4 is 17.6 Å². The number of ether oxygens (including phenoxy) is 1. The summed E-state index contributed by atoms with van der Waals surface area (Å²) in [6, 6.07) is 5.15. The molecule has 128 valence electrons. The van der Waals surface area contributed by atoms with Gasteiger partial charge in [-0.15, -0.1) is 0 Å². The van der Waals surface area contributed by atoms with Crippen LogP contribution in [0.2, 0.25) is 0 Å². The molecule has 0 aliphatic carbocycles. The van der Waals surface area contributed by atoms with E-state index in [4.69, 9.17) is 4.74 Å². The molecule has 2 aromatic rings. The highest BCUT2D eigenvalue weighted by Gasteiger charge is 2.22. The van der Waals surface area contributed by atoms with Crippen LogP contribution in [0.25, 0.3) is 0 Å². The number of nitrogens with zero attached hydrogens (tertiary/aromatic N) is 1. The van der Waals surface area contributed by atoms with Crippen molar-refractivity contribution in [3.8, 4) is 0 Å². The highest BCUT2D eigenvalue weighted by Crippen LogP contribution is 2.18. The molecule has 24 heavy (non-hydrogen) atoms. The number of hydrogen-bond acceptors (Lipinski definition) is 5. The summed E-state index contributed by atoms with van der Waals surface area (Å²) in [6.45, 7) is 4.02. The van der Waals surface area contributed by atoms with Gasteiger partial charge in [0.25, 0.3) is 0 Å². The quantitative estimate of drug-likeness (QED) is 0.666. The predicted octanol–water partition coefficient (Wildman–Crippen LogP) is 1.34. The van der Waals surface area contributed by atoms with Crippen LogP contribution in [0.5, 0.6) is 0 Å². The van der Waals surface area contributed by atoms with Gasteiger partial charge >= 0.3 is 5.97 Å². The zero-order valence-electron chi connectivity index (χ0n) is 14.1. The number of benzene rings is 1. The Kier molecular flexibility index (Phi) is 5.95. The molecule has 0 saturated carbocycles. The summed E-state index contributed by atoms with van der Waals surface area (Å²) < 4.78 is 4.75. The van der Waals surface area contributed by atoms with E-state index in [0.29, 0.717) is 6.42 Å². The number of aromatic amines is 1. The summed E-state index contributed by atoms with van der Waals surface area (Å²) in [5.74, 6) is -0.780. The van der Waals surface area contributed by atoms with E-state index in [9.17, 15) is 9.59 Å². The van der Waals surface area contributed by atoms with E-state index in [-0.39, 0.29) is 12.5 Å². The average Bonchev–Trinajstić information content (AvgIpc) is 3.06. The van der Waals surface area contributed by atoms with Gasteiger partial charge in [-0.05, 0) is 25.0 Å². The number of carbonyl (C=O) groups excluding carboxylic acids is 2. The Bertz CT molecular complexity index is 678. The number of imidazole rings is 1. The summed E-state index contributed by atoms with van der Waals surface area (Å²) >= 11 is 0. The lowest BCUT2D eigenvalue weighted by molar-refractivity contribution is -0.144. The van der Waals surface area contributed by atoms with Crippen LogP contribution in [-0.4, -0.2) is 41.5 Å². The van der Waals surface area contributed by atoms with Gasteiger partial charge in [0.1, 0.15) is 6.04 Å². The van der Waals surface area contributed by atoms with Crippen LogP contribution in [0.4, 0.5) is 5.69 Å². The minimum absolute atomic E-state index is 0.0716. The summed E-state index contributed by atoms with van der Waals surface area (Å²) in [7, 11) is 1.30. The summed E-state index contributed by atoms with van der Waals surface area (Å²) in [5, 5.41) is 5.81. The third-order valence-corrected chi connectivity index (χ3v) is 3.71. The van der Waals surface area contributed by atoms with Gasteiger partial charge in [-0.25, -0.2) is 9.78 Å². The maximum Gasteiger partial charge on any atom is 0.328 e. The minimum atomic E-state index is -0.761. The SMILES string of the molecule is COC(=O)[C@@H](Cc1cnc[nH]1)NC(=O)CNc1c(C)cccc1C. The Hall–Kier alpha value is -2.83. The smallest absolute Gasteiger partial charge is 0.328 e. The first-order valence-corrected chi connectivity index (χ1v) is 7.65. The molecule has 1 aromatic carbocycles. The van der Waals surface area contributed by atoms with Gasteiger partial charge in [-0.1, -0.05) is 18.2 Å². The molecule has 0 aliphatic heterocycles. The van der Waals surface area contributed by atoms with Crippen LogP contribution >= 0.6 is 0 Å². The molecule has 1 heterocycles. The lowest BCUT2D eigenvalue weighted by Crippen LogP contribution is -2.45. The van der Waals surface area contributed by atoms with Crippen molar-refractivity contribution in [1.29, 1.82) is 0 Å². The van der Waals surface area contributed by atoms with E-state index in [1.54, 1.807) is 6.20 Å². The summed E-state index contributed by atoms with van der Waals surface area (Å²) in [4.78, 5) is 30.9. The Morgan fingerprint density at radius 2 is 2.00 bits per heavy atom. The fourth-order valence-corrected chi connectivity index (χ4v) is 2.46. The Balaban J connectivity index is 1.96. The van der Waals surface area contributed by atoms with Crippen molar-refractivity contribution < 1.29 is 14.3 Å². The van der Waals surface area contributed by atoms with Gasteiger partial charge in [0.2, 0.25) is 5.91 Å². The number of esters is 1. The molecule has 0 spiro atoms. The lowest BCUT2D eigenvalue weighted by Gasteiger charge is -2.17. The molecular weight excluding hydrogens is 308 g/mol. The Morgan fingerprint density at radius 3 is 2.58 bits per heavy atom. The molecule has 0 bridgehead atoms. The van der Waals surface area contributed by atoms with E-state index in [1.807, 2.05) is 32.0 Å². The first-order chi connectivity index (χ1) is 11.5. The molecule has 2 rings (SSSR count). The molecule has 0 unspecified atom stereocenters. The zero-order chi connectivity index (χ0) is 17.5. The van der Waals surface area contributed by atoms with Crippen molar-refractivity contribution in [2.24, 2.45) is 0 Å². The molecule has 7 nitrogen and oxygen atoms in total. The van der Waals surface area contributed by atoms with Gasteiger partial charge < -0.3 is 20.4 Å². The van der Waals surface area contributed by atoms with Crippen LogP contribution in [0, 0.1) is 13.8 Å². The fourth-order valence-electron chi connectivity index (χ4n) is 2.46. The fraction of sp³-hybridized carbons (Fsp3) is 0.353. The van der Waals surface area contributed by atoms with Crippen molar-refractivity contribution in [3.05, 3.63) is 47.5 Å². The number of rotatable bonds is 7. The predicted molar refractivity (Wildman–Crippen MR) is 90.6 cm³/mol. The van der Waals surface area contributed by atoms with Crippen LogP contribution in [0.3, 0.4) is 0 Å². The average molecular weight is 330 g/mol. The number of methoxy groups -OCH3 is 1. The van der Waals surface area contributed by atoms with Crippen molar-refractivity contribution in [1.82, 2.24) is 15.3 Å². The van der Waals surface area contributed by atoms with E-state index in [0.717, 1.165) is 22.5 Å². The molecule has 0 fully saturated rings. The highest BCUT2D eigenvalue weighted by molar-refractivity contribution is 5.87. The normalized spacial score (nSPS) is 11.6. The number of amides is 1. The second kappa shape index (κ2) is 8.14. The van der Waals surface area contributed by atoms with Gasteiger partial charge in [0.05, 0.1) is 20.0 Å². The van der Waals surface area contributed by atoms with E-state index < -0.39 is 12.0 Å². The van der Waals surface area contributed by atoms with Crippen molar-refractivity contribution in [3.63, 3.8) is 0 Å². The van der Waals surface area contributed by atoms with Crippen LogP contribution in [0.15, 0.2) is 30.7 Å². The van der Waals surface area contributed by atoms with Crippen molar-refractivity contribution in [2.75, 3.05) is 19.0 Å². The largest absolute Gasteiger partial charge is 0.467 e. The number of aryl methyl sites for hydroxylation is 2. The van der Waals surface area contributed by atoms with Crippen LogP contribution in [0.1, 0.15) is 16.8 Å². The molecule has 0 aliphatic rings. The number of anilines is 1. The maximum atomic E-state index is 12.2. The molecule has 1 aromatic heterocycles. The zero-order valence-corrected chi connectivity index (χ0v) is 14.1. The van der Waals surface area contributed by atoms with Gasteiger partial charge in [-0.3, -0.25) is 4.79 Å². The lowest BCUT2D eigenvalue weighted by atomic mass is 10.1. The molecule has 3 N–H and O–H groups in total. The maximum absolute atomic E-state index is 12.2. The topological polar surface area (TPSA) is 96.1 Å². The number of hydrogen-bond donors (Lipinski definition) is 3. The van der Waals surface area contributed by atoms with Gasteiger partial charge in [-0.2, -0.15) is 0 Å². The minimum Gasteiger partial charge on any atom is -0.467 e. The molecule has 0 radical (unpaired) electrons. The monoisotopic (exact) mass is 330 g/mol. The number of carbonyl (C=O) groups is 2. The third-order valence-electron chi connectivity index (χ3n) is 3.71.